The number of hydrogen-bond acceptors (Lipinski definition) is 2. The van der Waals surface area contributed by atoms with Crippen LogP contribution in [-0.4, -0.2) is 10.9 Å². The fraction of sp³-hybridized carbons (Fsp3) is 0.133. The quantitative estimate of drug-likeness (QED) is 0.473. The lowest BCUT2D eigenvalue weighted by Crippen LogP contribution is -2.07. The Balaban J connectivity index is 2.57. The SMILES string of the molecule is Cc1ccccc1C(=NO)c1ccccc1C. The summed E-state index contributed by atoms with van der Waals surface area (Å²) in [5, 5.41) is 12.7. The van der Waals surface area contributed by atoms with E-state index in [4.69, 9.17) is 0 Å². The molecule has 0 bridgehead atoms. The Labute approximate surface area is 101 Å². The van der Waals surface area contributed by atoms with Crippen molar-refractivity contribution in [1.29, 1.82) is 0 Å². The molecule has 0 aliphatic carbocycles. The number of oxime groups is 1. The van der Waals surface area contributed by atoms with E-state index in [9.17, 15) is 5.21 Å². The van der Waals surface area contributed by atoms with Crippen molar-refractivity contribution >= 4 is 5.71 Å². The minimum absolute atomic E-state index is 0.626. The second-order valence-corrected chi connectivity index (χ2v) is 4.08. The molecule has 2 aromatic carbocycles. The topological polar surface area (TPSA) is 32.6 Å². The summed E-state index contributed by atoms with van der Waals surface area (Å²) >= 11 is 0. The Bertz CT molecular complexity index is 511. The van der Waals surface area contributed by atoms with E-state index in [0.29, 0.717) is 5.71 Å². The summed E-state index contributed by atoms with van der Waals surface area (Å²) in [4.78, 5) is 0. The highest BCUT2D eigenvalue weighted by Gasteiger charge is 2.11. The van der Waals surface area contributed by atoms with Gasteiger partial charge in [0.1, 0.15) is 5.71 Å². The van der Waals surface area contributed by atoms with Crippen molar-refractivity contribution in [3.8, 4) is 0 Å². The van der Waals surface area contributed by atoms with Crippen molar-refractivity contribution in [3.05, 3.63) is 70.8 Å². The third-order valence-corrected chi connectivity index (χ3v) is 2.90. The molecule has 0 saturated heterocycles. The number of rotatable bonds is 2. The molecule has 0 fully saturated rings. The normalized spacial score (nSPS) is 10.0. The van der Waals surface area contributed by atoms with E-state index < -0.39 is 0 Å². The van der Waals surface area contributed by atoms with E-state index >= 15 is 0 Å². The van der Waals surface area contributed by atoms with Gasteiger partial charge in [0.15, 0.2) is 0 Å². The maximum Gasteiger partial charge on any atom is 0.117 e. The van der Waals surface area contributed by atoms with Gasteiger partial charge in [0, 0.05) is 11.1 Å². The molecule has 1 N–H and O–H groups in total. The molecule has 86 valence electrons. The molecule has 0 amide bonds. The molecule has 2 heteroatoms. The lowest BCUT2D eigenvalue weighted by molar-refractivity contribution is 0.319. The van der Waals surface area contributed by atoms with Crippen LogP contribution in [0.2, 0.25) is 0 Å². The number of aryl methyl sites for hydroxylation is 2. The Kier molecular flexibility index (Phi) is 3.24. The van der Waals surface area contributed by atoms with Crippen LogP contribution in [0.15, 0.2) is 53.7 Å². The van der Waals surface area contributed by atoms with Crippen molar-refractivity contribution < 1.29 is 5.21 Å². The smallest absolute Gasteiger partial charge is 0.117 e. The van der Waals surface area contributed by atoms with Crippen LogP contribution in [0.25, 0.3) is 0 Å². The summed E-state index contributed by atoms with van der Waals surface area (Å²) in [5.74, 6) is 0. The van der Waals surface area contributed by atoms with Crippen LogP contribution in [-0.2, 0) is 0 Å². The predicted octanol–water partition coefficient (Wildman–Crippen LogP) is 3.53. The zero-order valence-electron chi connectivity index (χ0n) is 10.0. The second-order valence-electron chi connectivity index (χ2n) is 4.08. The van der Waals surface area contributed by atoms with Crippen molar-refractivity contribution in [2.24, 2.45) is 5.16 Å². The van der Waals surface area contributed by atoms with Crippen LogP contribution in [0.5, 0.6) is 0 Å². The predicted molar refractivity (Wildman–Crippen MR) is 69.8 cm³/mol. The standard InChI is InChI=1S/C15H15NO/c1-11-7-3-5-9-13(11)15(16-17)14-10-6-4-8-12(14)2/h3-10,17H,1-2H3. The molecule has 0 radical (unpaired) electrons. The van der Waals surface area contributed by atoms with Gasteiger partial charge in [-0.15, -0.1) is 0 Å². The van der Waals surface area contributed by atoms with Crippen LogP contribution in [0.3, 0.4) is 0 Å². The lowest BCUT2D eigenvalue weighted by Gasteiger charge is -2.10. The molecule has 0 heterocycles. The number of nitrogens with zero attached hydrogens (tertiary/aromatic N) is 1. The molecule has 0 aromatic heterocycles. The highest BCUT2D eigenvalue weighted by Crippen LogP contribution is 2.17. The fourth-order valence-corrected chi connectivity index (χ4v) is 1.93. The van der Waals surface area contributed by atoms with Crippen molar-refractivity contribution in [3.63, 3.8) is 0 Å². The van der Waals surface area contributed by atoms with Gasteiger partial charge in [-0.25, -0.2) is 0 Å². The Morgan fingerprint density at radius 2 is 1.24 bits per heavy atom. The molecule has 0 aliphatic rings. The Hall–Kier alpha value is -2.09. The molecule has 2 nitrogen and oxygen atoms in total. The summed E-state index contributed by atoms with van der Waals surface area (Å²) in [6.07, 6.45) is 0. The van der Waals surface area contributed by atoms with E-state index in [1.165, 1.54) is 0 Å². The zero-order valence-corrected chi connectivity index (χ0v) is 10.0. The van der Waals surface area contributed by atoms with Crippen LogP contribution in [0.4, 0.5) is 0 Å². The maximum absolute atomic E-state index is 9.27. The fourth-order valence-electron chi connectivity index (χ4n) is 1.93. The molecule has 0 atom stereocenters. The Morgan fingerprint density at radius 3 is 1.59 bits per heavy atom. The first-order chi connectivity index (χ1) is 8.24. The van der Waals surface area contributed by atoms with E-state index in [1.807, 2.05) is 62.4 Å². The molecular weight excluding hydrogens is 210 g/mol. The van der Waals surface area contributed by atoms with Crippen LogP contribution >= 0.6 is 0 Å². The van der Waals surface area contributed by atoms with E-state index in [2.05, 4.69) is 5.16 Å². The van der Waals surface area contributed by atoms with Gasteiger partial charge in [0.2, 0.25) is 0 Å². The largest absolute Gasteiger partial charge is 0.410 e. The molecule has 2 rings (SSSR count). The maximum atomic E-state index is 9.27. The molecule has 2 aromatic rings. The van der Waals surface area contributed by atoms with Gasteiger partial charge in [0.25, 0.3) is 0 Å². The monoisotopic (exact) mass is 225 g/mol. The van der Waals surface area contributed by atoms with Gasteiger partial charge in [0.05, 0.1) is 0 Å². The van der Waals surface area contributed by atoms with Crippen LogP contribution in [0.1, 0.15) is 22.3 Å². The molecule has 0 spiro atoms. The zero-order chi connectivity index (χ0) is 12.3. The highest BCUT2D eigenvalue weighted by molar-refractivity contribution is 6.14. The summed E-state index contributed by atoms with van der Waals surface area (Å²) in [6.45, 7) is 4.03. The second kappa shape index (κ2) is 4.83. The van der Waals surface area contributed by atoms with Crippen molar-refractivity contribution in [2.45, 2.75) is 13.8 Å². The summed E-state index contributed by atoms with van der Waals surface area (Å²) < 4.78 is 0. The minimum atomic E-state index is 0.626. The number of benzene rings is 2. The number of hydrogen-bond donors (Lipinski definition) is 1. The molecule has 0 aliphatic heterocycles. The third-order valence-electron chi connectivity index (χ3n) is 2.90. The summed E-state index contributed by atoms with van der Waals surface area (Å²) in [7, 11) is 0. The summed E-state index contributed by atoms with van der Waals surface area (Å²) in [5.41, 5.74) is 4.75. The van der Waals surface area contributed by atoms with Gasteiger partial charge < -0.3 is 5.21 Å². The molecule has 0 unspecified atom stereocenters. The lowest BCUT2D eigenvalue weighted by atomic mass is 9.95. The third kappa shape index (κ3) is 2.21. The average molecular weight is 225 g/mol. The first kappa shape index (κ1) is 11.4. The van der Waals surface area contributed by atoms with E-state index in [0.717, 1.165) is 22.3 Å². The minimum Gasteiger partial charge on any atom is -0.410 e. The molecular formula is C15H15NO. The highest BCUT2D eigenvalue weighted by atomic mass is 16.4. The first-order valence-electron chi connectivity index (χ1n) is 5.58. The van der Waals surface area contributed by atoms with Gasteiger partial charge in [-0.1, -0.05) is 53.7 Å². The molecule has 0 saturated carbocycles. The van der Waals surface area contributed by atoms with E-state index in [-0.39, 0.29) is 0 Å². The Morgan fingerprint density at radius 1 is 0.824 bits per heavy atom. The average Bonchev–Trinajstić information content (AvgIpc) is 2.34. The first-order valence-corrected chi connectivity index (χ1v) is 5.58. The summed E-state index contributed by atoms with van der Waals surface area (Å²) in [6, 6.07) is 15.8. The van der Waals surface area contributed by atoms with Crippen LogP contribution in [0, 0.1) is 13.8 Å². The van der Waals surface area contributed by atoms with Gasteiger partial charge >= 0.3 is 0 Å². The molecule has 17 heavy (non-hydrogen) atoms. The van der Waals surface area contributed by atoms with Crippen molar-refractivity contribution in [1.82, 2.24) is 0 Å². The van der Waals surface area contributed by atoms with Crippen molar-refractivity contribution in [2.75, 3.05) is 0 Å². The van der Waals surface area contributed by atoms with Gasteiger partial charge in [-0.3, -0.25) is 0 Å². The van der Waals surface area contributed by atoms with Crippen LogP contribution < -0.4 is 0 Å². The van der Waals surface area contributed by atoms with E-state index in [1.54, 1.807) is 0 Å². The van der Waals surface area contributed by atoms with Gasteiger partial charge in [-0.05, 0) is 25.0 Å². The van der Waals surface area contributed by atoms with Gasteiger partial charge in [-0.2, -0.15) is 0 Å².